The topological polar surface area (TPSA) is 93.5 Å². The summed E-state index contributed by atoms with van der Waals surface area (Å²) < 4.78 is 22.5. The van der Waals surface area contributed by atoms with Gasteiger partial charge in [0.25, 0.3) is 0 Å². The van der Waals surface area contributed by atoms with Crippen molar-refractivity contribution in [3.8, 4) is 6.07 Å². The van der Waals surface area contributed by atoms with E-state index in [9.17, 15) is 19.1 Å². The second-order valence-electron chi connectivity index (χ2n) is 7.01. The van der Waals surface area contributed by atoms with Gasteiger partial charge < -0.3 is 9.47 Å². The van der Waals surface area contributed by atoms with Gasteiger partial charge in [0, 0.05) is 16.7 Å². The van der Waals surface area contributed by atoms with Crippen molar-refractivity contribution >= 4 is 22.7 Å². The minimum absolute atomic E-state index is 0.0414. The van der Waals surface area contributed by atoms with Crippen LogP contribution in [0, 0.1) is 35.5 Å². The zero-order valence-corrected chi connectivity index (χ0v) is 17.0. The molecule has 2 bridgehead atoms. The largest absolute Gasteiger partial charge is 0.465 e. The fourth-order valence-corrected chi connectivity index (χ4v) is 6.31. The summed E-state index contributed by atoms with van der Waals surface area (Å²) in [5.41, 5.74) is -0.982. The summed E-state index contributed by atoms with van der Waals surface area (Å²) in [6, 6.07) is 9.05. The molecule has 1 saturated carbocycles. The normalized spacial score (nSPS) is 27.8. The van der Waals surface area contributed by atoms with Crippen LogP contribution in [-0.2, 0) is 29.9 Å². The number of hydrogen-bond donors (Lipinski definition) is 0. The van der Waals surface area contributed by atoms with Crippen molar-refractivity contribution in [2.75, 3.05) is 13.2 Å². The smallest absolute Gasteiger partial charge is 0.326 e. The second-order valence-corrected chi connectivity index (χ2v) is 8.66. The van der Waals surface area contributed by atoms with Crippen molar-refractivity contribution in [2.24, 2.45) is 17.3 Å². The van der Waals surface area contributed by atoms with E-state index in [1.165, 1.54) is 0 Å². The molecule has 2 aliphatic carbocycles. The molecule has 1 aromatic carbocycles. The molecule has 0 amide bonds. The van der Waals surface area contributed by atoms with Crippen LogP contribution in [0.25, 0.3) is 0 Å². The van der Waals surface area contributed by atoms with Crippen LogP contribution in [0.3, 0.4) is 0 Å². The van der Waals surface area contributed by atoms with Gasteiger partial charge in [0.15, 0.2) is 4.75 Å². The Morgan fingerprint density at radius 2 is 1.64 bits per heavy atom. The van der Waals surface area contributed by atoms with E-state index in [0.29, 0.717) is 11.3 Å². The molecule has 1 aromatic rings. The van der Waals surface area contributed by atoms with Crippen LogP contribution in [0.4, 0.5) is 0 Å². The monoisotopic (exact) mass is 401 g/mol. The molecular weight excluding hydrogens is 378 g/mol. The molecule has 148 valence electrons. The van der Waals surface area contributed by atoms with Crippen LogP contribution in [0.2, 0.25) is 0 Å². The highest BCUT2D eigenvalue weighted by Gasteiger charge is 2.78. The van der Waals surface area contributed by atoms with E-state index in [1.54, 1.807) is 50.3 Å². The Hall–Kier alpha value is -2.46. The maximum atomic E-state index is 13.8. The Bertz CT molecular complexity index is 867. The number of nitriles is 1. The summed E-state index contributed by atoms with van der Waals surface area (Å²) in [4.78, 5) is 26.8. The third-order valence-corrected chi connectivity index (χ3v) is 7.64. The molecule has 0 N–H and O–H groups in total. The Labute approximate surface area is 167 Å². The standard InChI is InChI=1S/C21H23NO5S/c1-4-26-18(23)21(19(24)27-5-2)16-9-8-15(12-16)20(21,13-22)28(25)17-10-6-14(3)7-11-17/h6-11,15-16H,4-5,12H2,1-3H3/t15-,16+,20-,28?/m0/s1. The molecule has 7 heteroatoms. The van der Waals surface area contributed by atoms with Crippen molar-refractivity contribution in [2.45, 2.75) is 36.8 Å². The Kier molecular flexibility index (Phi) is 5.44. The lowest BCUT2D eigenvalue weighted by molar-refractivity contribution is -0.175. The highest BCUT2D eigenvalue weighted by Crippen LogP contribution is 2.63. The molecule has 6 nitrogen and oxygen atoms in total. The molecule has 0 saturated heterocycles. The molecule has 0 heterocycles. The SMILES string of the molecule is CCOC(=O)C1(C(=O)OCC)[C@@H]2C=C[C@@H](C2)[C@]1(C#N)S(=O)c1ccc(C)cc1. The van der Waals surface area contributed by atoms with Crippen LogP contribution >= 0.6 is 0 Å². The van der Waals surface area contributed by atoms with Crippen molar-refractivity contribution in [3.63, 3.8) is 0 Å². The van der Waals surface area contributed by atoms with Crippen LogP contribution < -0.4 is 0 Å². The quantitative estimate of drug-likeness (QED) is 0.413. The molecular formula is C21H23NO5S. The summed E-state index contributed by atoms with van der Waals surface area (Å²) in [6.07, 6.45) is 3.92. The van der Waals surface area contributed by atoms with Crippen LogP contribution in [-0.4, -0.2) is 34.1 Å². The fourth-order valence-electron chi connectivity index (χ4n) is 4.41. The van der Waals surface area contributed by atoms with E-state index in [-0.39, 0.29) is 13.2 Å². The average Bonchev–Trinajstić information content (AvgIpc) is 3.27. The number of esters is 2. The molecule has 1 unspecified atom stereocenters. The molecule has 0 spiro atoms. The van der Waals surface area contributed by atoms with Gasteiger partial charge in [-0.1, -0.05) is 29.8 Å². The van der Waals surface area contributed by atoms with Gasteiger partial charge in [0.2, 0.25) is 5.41 Å². The Balaban J connectivity index is 2.26. The number of hydrogen-bond acceptors (Lipinski definition) is 6. The van der Waals surface area contributed by atoms with E-state index in [0.717, 1.165) is 5.56 Å². The van der Waals surface area contributed by atoms with E-state index < -0.39 is 44.7 Å². The molecule has 1 fully saturated rings. The number of rotatable bonds is 6. The second kappa shape index (κ2) is 7.51. The van der Waals surface area contributed by atoms with Gasteiger partial charge in [-0.05, 0) is 39.3 Å². The number of aryl methyl sites for hydroxylation is 1. The lowest BCUT2D eigenvalue weighted by atomic mass is 9.68. The maximum absolute atomic E-state index is 13.8. The van der Waals surface area contributed by atoms with Crippen LogP contribution in [0.5, 0.6) is 0 Å². The first-order valence-electron chi connectivity index (χ1n) is 9.32. The molecule has 0 aliphatic heterocycles. The number of ether oxygens (including phenoxy) is 2. The van der Waals surface area contributed by atoms with Gasteiger partial charge in [0.1, 0.15) is 0 Å². The van der Waals surface area contributed by atoms with Gasteiger partial charge in [-0.15, -0.1) is 0 Å². The molecule has 3 rings (SSSR count). The molecule has 28 heavy (non-hydrogen) atoms. The summed E-state index contributed by atoms with van der Waals surface area (Å²) in [7, 11) is -1.96. The predicted octanol–water partition coefficient (Wildman–Crippen LogP) is 2.68. The minimum Gasteiger partial charge on any atom is -0.465 e. The summed E-state index contributed by atoms with van der Waals surface area (Å²) in [6.45, 7) is 5.24. The van der Waals surface area contributed by atoms with Crippen LogP contribution in [0.1, 0.15) is 25.8 Å². The zero-order chi connectivity index (χ0) is 20.5. The average molecular weight is 401 g/mol. The van der Waals surface area contributed by atoms with Gasteiger partial charge >= 0.3 is 11.9 Å². The van der Waals surface area contributed by atoms with Crippen molar-refractivity contribution in [3.05, 3.63) is 42.0 Å². The summed E-state index contributed by atoms with van der Waals surface area (Å²) >= 11 is 0. The van der Waals surface area contributed by atoms with Crippen molar-refractivity contribution in [1.82, 2.24) is 0 Å². The molecule has 2 aliphatic rings. The van der Waals surface area contributed by atoms with Crippen molar-refractivity contribution < 1.29 is 23.3 Å². The minimum atomic E-state index is -1.96. The first kappa shape index (κ1) is 20.3. The summed E-state index contributed by atoms with van der Waals surface area (Å²) in [5.74, 6) is -2.79. The third kappa shape index (κ3) is 2.55. The van der Waals surface area contributed by atoms with Gasteiger partial charge in [-0.25, -0.2) is 0 Å². The lowest BCUT2D eigenvalue weighted by Crippen LogP contribution is -2.62. The number of nitrogens with zero attached hydrogens (tertiary/aromatic N) is 1. The van der Waals surface area contributed by atoms with Gasteiger partial charge in [-0.2, -0.15) is 5.26 Å². The first-order valence-corrected chi connectivity index (χ1v) is 10.5. The highest BCUT2D eigenvalue weighted by molar-refractivity contribution is 7.87. The van der Waals surface area contributed by atoms with E-state index in [2.05, 4.69) is 6.07 Å². The van der Waals surface area contributed by atoms with E-state index in [4.69, 9.17) is 9.47 Å². The lowest BCUT2D eigenvalue weighted by Gasteiger charge is -2.42. The molecule has 4 atom stereocenters. The Morgan fingerprint density at radius 3 is 2.14 bits per heavy atom. The number of allylic oxidation sites excluding steroid dienone is 2. The van der Waals surface area contributed by atoms with Crippen LogP contribution in [0.15, 0.2) is 41.3 Å². The molecule has 0 radical (unpaired) electrons. The Morgan fingerprint density at radius 1 is 1.11 bits per heavy atom. The van der Waals surface area contributed by atoms with Gasteiger partial charge in [0.05, 0.1) is 30.1 Å². The molecule has 0 aromatic heterocycles. The number of carbonyl (C=O) groups is 2. The third-order valence-electron chi connectivity index (χ3n) is 5.64. The predicted molar refractivity (Wildman–Crippen MR) is 102 cm³/mol. The number of carbonyl (C=O) groups excluding carboxylic acids is 2. The highest BCUT2D eigenvalue weighted by atomic mass is 32.2. The van der Waals surface area contributed by atoms with Gasteiger partial charge in [-0.3, -0.25) is 13.8 Å². The number of fused-ring (bicyclic) bond motifs is 2. The van der Waals surface area contributed by atoms with Crippen molar-refractivity contribution in [1.29, 1.82) is 5.26 Å². The van der Waals surface area contributed by atoms with E-state index >= 15 is 0 Å². The zero-order valence-electron chi connectivity index (χ0n) is 16.1. The first-order chi connectivity index (χ1) is 13.4. The van der Waals surface area contributed by atoms with E-state index in [1.807, 2.05) is 6.92 Å². The fraction of sp³-hybridized carbons (Fsp3) is 0.476. The number of benzene rings is 1. The summed E-state index contributed by atoms with van der Waals surface area (Å²) in [5, 5.41) is 10.3. The maximum Gasteiger partial charge on any atom is 0.326 e.